The van der Waals surface area contributed by atoms with Gasteiger partial charge in [0.05, 0.1) is 18.6 Å². The molecule has 8 heteroatoms. The number of aromatic nitrogens is 2. The first-order valence-electron chi connectivity index (χ1n) is 8.53. The fraction of sp³-hybridized carbons (Fsp3) is 0.389. The lowest BCUT2D eigenvalue weighted by molar-refractivity contribution is -0.131. The molecule has 140 valence electrons. The van der Waals surface area contributed by atoms with Crippen LogP contribution in [0, 0.1) is 5.92 Å². The van der Waals surface area contributed by atoms with Gasteiger partial charge < -0.3 is 15.0 Å². The smallest absolute Gasteiger partial charge is 0.408 e. The molecule has 8 nitrogen and oxygen atoms in total. The third-order valence-corrected chi connectivity index (χ3v) is 3.55. The summed E-state index contributed by atoms with van der Waals surface area (Å²) in [5.41, 5.74) is 7.13. The molecular weight excluding hydrogens is 334 g/mol. The zero-order valence-electron chi connectivity index (χ0n) is 15.0. The summed E-state index contributed by atoms with van der Waals surface area (Å²) < 4.78 is 5.31. The number of carbonyl (C=O) groups excluding carboxylic acids is 2. The maximum Gasteiger partial charge on any atom is 0.408 e. The van der Waals surface area contributed by atoms with Gasteiger partial charge in [-0.05, 0) is 17.9 Å². The van der Waals surface area contributed by atoms with Crippen molar-refractivity contribution >= 4 is 12.0 Å². The van der Waals surface area contributed by atoms with Crippen LogP contribution in [0.4, 0.5) is 4.79 Å². The van der Waals surface area contributed by atoms with Crippen LogP contribution in [-0.2, 0) is 22.6 Å². The molecule has 0 unspecified atom stereocenters. The van der Waals surface area contributed by atoms with Crippen molar-refractivity contribution in [1.82, 2.24) is 26.1 Å². The van der Waals surface area contributed by atoms with E-state index in [1.54, 1.807) is 12.5 Å². The first-order valence-corrected chi connectivity index (χ1v) is 8.53. The van der Waals surface area contributed by atoms with Gasteiger partial charge in [0.15, 0.2) is 6.10 Å². The molecule has 0 aliphatic carbocycles. The SMILES string of the molecule is CC(C)C[C@H](OC(=O)NCc1ccccc1)C(=O)NNCc1cnc[nH]1. The molecule has 4 N–H and O–H groups in total. The molecule has 0 radical (unpaired) electrons. The summed E-state index contributed by atoms with van der Waals surface area (Å²) in [6.45, 7) is 4.65. The van der Waals surface area contributed by atoms with Crippen molar-refractivity contribution < 1.29 is 14.3 Å². The highest BCUT2D eigenvalue weighted by atomic mass is 16.6. The summed E-state index contributed by atoms with van der Waals surface area (Å²) in [5.74, 6) is -0.201. The monoisotopic (exact) mass is 359 g/mol. The minimum absolute atomic E-state index is 0.195. The van der Waals surface area contributed by atoms with Crippen LogP contribution in [0.15, 0.2) is 42.9 Å². The van der Waals surface area contributed by atoms with Crippen LogP contribution in [-0.4, -0.2) is 28.1 Å². The minimum Gasteiger partial charge on any atom is -0.436 e. The van der Waals surface area contributed by atoms with Crippen molar-refractivity contribution in [3.05, 3.63) is 54.1 Å². The number of aromatic amines is 1. The van der Waals surface area contributed by atoms with Crippen molar-refractivity contribution in [2.24, 2.45) is 5.92 Å². The lowest BCUT2D eigenvalue weighted by atomic mass is 10.1. The van der Waals surface area contributed by atoms with Gasteiger partial charge in [0.2, 0.25) is 0 Å². The van der Waals surface area contributed by atoms with E-state index in [-0.39, 0.29) is 5.92 Å². The fourth-order valence-electron chi connectivity index (χ4n) is 2.27. The Morgan fingerprint density at radius 1 is 1.19 bits per heavy atom. The zero-order chi connectivity index (χ0) is 18.8. The van der Waals surface area contributed by atoms with E-state index in [9.17, 15) is 9.59 Å². The summed E-state index contributed by atoms with van der Waals surface area (Å²) >= 11 is 0. The number of rotatable bonds is 9. The molecule has 2 amide bonds. The van der Waals surface area contributed by atoms with Crippen molar-refractivity contribution in [2.45, 2.75) is 39.5 Å². The van der Waals surface area contributed by atoms with Gasteiger partial charge in [0.25, 0.3) is 5.91 Å². The van der Waals surface area contributed by atoms with Crippen molar-refractivity contribution in [1.29, 1.82) is 0 Å². The van der Waals surface area contributed by atoms with Crippen molar-refractivity contribution in [3.8, 4) is 0 Å². The second-order valence-electron chi connectivity index (χ2n) is 6.28. The number of hydrogen-bond acceptors (Lipinski definition) is 5. The molecule has 0 saturated heterocycles. The van der Waals surface area contributed by atoms with E-state index < -0.39 is 18.1 Å². The lowest BCUT2D eigenvalue weighted by Gasteiger charge is -2.19. The number of carbonyl (C=O) groups is 2. The van der Waals surface area contributed by atoms with Crippen molar-refractivity contribution in [3.63, 3.8) is 0 Å². The number of H-pyrrole nitrogens is 1. The van der Waals surface area contributed by atoms with Crippen LogP contribution < -0.4 is 16.2 Å². The van der Waals surface area contributed by atoms with Gasteiger partial charge in [-0.25, -0.2) is 15.2 Å². The van der Waals surface area contributed by atoms with Gasteiger partial charge in [-0.1, -0.05) is 44.2 Å². The third kappa shape index (κ3) is 6.94. The molecule has 0 bridgehead atoms. The average molecular weight is 359 g/mol. The van der Waals surface area contributed by atoms with Gasteiger partial charge in [0, 0.05) is 12.7 Å². The normalized spacial score (nSPS) is 11.8. The quantitative estimate of drug-likeness (QED) is 0.511. The molecule has 26 heavy (non-hydrogen) atoms. The molecule has 2 aromatic rings. The number of hydrazine groups is 1. The van der Waals surface area contributed by atoms with Crippen LogP contribution in [0.25, 0.3) is 0 Å². The van der Waals surface area contributed by atoms with E-state index in [1.807, 2.05) is 44.2 Å². The van der Waals surface area contributed by atoms with E-state index in [0.717, 1.165) is 11.3 Å². The van der Waals surface area contributed by atoms with Crippen LogP contribution in [0.2, 0.25) is 0 Å². The van der Waals surface area contributed by atoms with Crippen LogP contribution in [0.1, 0.15) is 31.5 Å². The third-order valence-electron chi connectivity index (χ3n) is 3.55. The molecule has 0 aliphatic rings. The topological polar surface area (TPSA) is 108 Å². The highest BCUT2D eigenvalue weighted by molar-refractivity contribution is 5.83. The Morgan fingerprint density at radius 2 is 1.96 bits per heavy atom. The number of nitrogens with one attached hydrogen (secondary N) is 4. The number of benzene rings is 1. The molecule has 0 fully saturated rings. The first-order chi connectivity index (χ1) is 12.5. The van der Waals surface area contributed by atoms with Crippen LogP contribution in [0.5, 0.6) is 0 Å². The molecule has 0 saturated carbocycles. The summed E-state index contributed by atoms with van der Waals surface area (Å²) in [6.07, 6.45) is 2.14. The summed E-state index contributed by atoms with van der Waals surface area (Å²) in [7, 11) is 0. The van der Waals surface area contributed by atoms with E-state index in [4.69, 9.17) is 4.74 Å². The van der Waals surface area contributed by atoms with E-state index >= 15 is 0 Å². The Balaban J connectivity index is 1.80. The number of hydrogen-bond donors (Lipinski definition) is 4. The predicted octanol–water partition coefficient (Wildman–Crippen LogP) is 1.87. The highest BCUT2D eigenvalue weighted by Crippen LogP contribution is 2.09. The number of imidazole rings is 1. The second kappa shape index (κ2) is 10.2. The Kier molecular flexibility index (Phi) is 7.63. The van der Waals surface area contributed by atoms with Crippen LogP contribution >= 0.6 is 0 Å². The Labute approximate surface area is 152 Å². The maximum absolute atomic E-state index is 12.3. The Bertz CT molecular complexity index is 673. The van der Waals surface area contributed by atoms with Gasteiger partial charge in [-0.15, -0.1) is 0 Å². The zero-order valence-corrected chi connectivity index (χ0v) is 15.0. The molecule has 1 aromatic heterocycles. The first kappa shape index (κ1) is 19.5. The van der Waals surface area contributed by atoms with E-state index in [0.29, 0.717) is 19.5 Å². The Morgan fingerprint density at radius 3 is 2.62 bits per heavy atom. The number of nitrogens with zero attached hydrogens (tertiary/aromatic N) is 1. The van der Waals surface area contributed by atoms with Gasteiger partial charge >= 0.3 is 6.09 Å². The van der Waals surface area contributed by atoms with E-state index in [2.05, 4.69) is 26.1 Å². The molecule has 1 heterocycles. The summed E-state index contributed by atoms with van der Waals surface area (Å²) in [4.78, 5) is 31.1. The molecule has 0 aliphatic heterocycles. The predicted molar refractivity (Wildman–Crippen MR) is 96.6 cm³/mol. The number of alkyl carbamates (subject to hydrolysis) is 1. The maximum atomic E-state index is 12.3. The second-order valence-corrected chi connectivity index (χ2v) is 6.28. The van der Waals surface area contributed by atoms with E-state index in [1.165, 1.54) is 0 Å². The molecule has 1 atom stereocenters. The molecule has 2 rings (SSSR count). The van der Waals surface area contributed by atoms with Gasteiger partial charge in [-0.3, -0.25) is 10.2 Å². The number of ether oxygens (including phenoxy) is 1. The summed E-state index contributed by atoms with van der Waals surface area (Å²) in [6, 6.07) is 9.49. The Hall–Kier alpha value is -2.87. The standard InChI is InChI=1S/C18H25N5O3/c1-13(2)8-16(17(24)23-22-11-15-10-19-12-21-15)26-18(25)20-9-14-6-4-3-5-7-14/h3-7,10,12-13,16,22H,8-9,11H2,1-2H3,(H,19,21)(H,20,25)(H,23,24)/t16-/m0/s1. The summed E-state index contributed by atoms with van der Waals surface area (Å²) in [5, 5.41) is 2.66. The van der Waals surface area contributed by atoms with Gasteiger partial charge in [0.1, 0.15) is 0 Å². The number of amides is 2. The molecule has 0 spiro atoms. The largest absolute Gasteiger partial charge is 0.436 e. The lowest BCUT2D eigenvalue weighted by Crippen LogP contribution is -2.46. The molecular formula is C18H25N5O3. The average Bonchev–Trinajstić information content (AvgIpc) is 3.13. The van der Waals surface area contributed by atoms with Crippen molar-refractivity contribution in [2.75, 3.05) is 0 Å². The van der Waals surface area contributed by atoms with Gasteiger partial charge in [-0.2, -0.15) is 0 Å². The highest BCUT2D eigenvalue weighted by Gasteiger charge is 2.24. The fourth-order valence-corrected chi connectivity index (χ4v) is 2.27. The van der Waals surface area contributed by atoms with Crippen LogP contribution in [0.3, 0.4) is 0 Å². The minimum atomic E-state index is -0.875. The molecule has 1 aromatic carbocycles.